The van der Waals surface area contributed by atoms with E-state index in [4.69, 9.17) is 5.26 Å². The number of nitrogens with one attached hydrogen (secondary N) is 1. The first-order chi connectivity index (χ1) is 7.36. The van der Waals surface area contributed by atoms with E-state index in [9.17, 15) is 0 Å². The van der Waals surface area contributed by atoms with Gasteiger partial charge in [0.25, 0.3) is 0 Å². The highest BCUT2D eigenvalue weighted by Gasteiger charge is 2.03. The average Bonchev–Trinajstić information content (AvgIpc) is 2.75. The van der Waals surface area contributed by atoms with Crippen molar-refractivity contribution < 1.29 is 0 Å². The SMILES string of the molecule is CCC(CC#N)NCCCn1cccn1. The van der Waals surface area contributed by atoms with Gasteiger partial charge in [0.1, 0.15) is 0 Å². The van der Waals surface area contributed by atoms with Gasteiger partial charge in [0, 0.05) is 25.0 Å². The van der Waals surface area contributed by atoms with Crippen molar-refractivity contribution in [2.75, 3.05) is 6.54 Å². The molecule has 0 saturated heterocycles. The van der Waals surface area contributed by atoms with E-state index < -0.39 is 0 Å². The predicted molar refractivity (Wildman–Crippen MR) is 59.2 cm³/mol. The van der Waals surface area contributed by atoms with Crippen LogP contribution in [0.15, 0.2) is 18.5 Å². The highest BCUT2D eigenvalue weighted by atomic mass is 15.3. The zero-order valence-corrected chi connectivity index (χ0v) is 9.19. The average molecular weight is 206 g/mol. The second-order valence-electron chi connectivity index (χ2n) is 3.54. The van der Waals surface area contributed by atoms with E-state index in [0.29, 0.717) is 12.5 Å². The summed E-state index contributed by atoms with van der Waals surface area (Å²) in [5.41, 5.74) is 0. The number of rotatable bonds is 7. The fraction of sp³-hybridized carbons (Fsp3) is 0.636. The first-order valence-electron chi connectivity index (χ1n) is 5.44. The van der Waals surface area contributed by atoms with Crippen LogP contribution in [0.2, 0.25) is 0 Å². The maximum absolute atomic E-state index is 8.57. The Labute approximate surface area is 90.9 Å². The molecule has 4 nitrogen and oxygen atoms in total. The smallest absolute Gasteiger partial charge is 0.0638 e. The second-order valence-corrected chi connectivity index (χ2v) is 3.54. The first kappa shape index (κ1) is 11.7. The molecule has 0 spiro atoms. The van der Waals surface area contributed by atoms with E-state index in [1.165, 1.54) is 0 Å². The van der Waals surface area contributed by atoms with Gasteiger partial charge < -0.3 is 5.32 Å². The lowest BCUT2D eigenvalue weighted by Gasteiger charge is -2.12. The molecule has 1 aromatic heterocycles. The van der Waals surface area contributed by atoms with Gasteiger partial charge in [-0.25, -0.2) is 0 Å². The van der Waals surface area contributed by atoms with Crippen LogP contribution in [-0.4, -0.2) is 22.4 Å². The third-order valence-electron chi connectivity index (χ3n) is 2.39. The summed E-state index contributed by atoms with van der Waals surface area (Å²) in [6.45, 7) is 3.98. The van der Waals surface area contributed by atoms with E-state index in [1.807, 2.05) is 16.9 Å². The van der Waals surface area contributed by atoms with Crippen LogP contribution in [0.25, 0.3) is 0 Å². The van der Waals surface area contributed by atoms with Crippen molar-refractivity contribution in [3.05, 3.63) is 18.5 Å². The quantitative estimate of drug-likeness (QED) is 0.689. The summed E-state index contributed by atoms with van der Waals surface area (Å²) in [4.78, 5) is 0. The van der Waals surface area contributed by atoms with Crippen LogP contribution in [0.4, 0.5) is 0 Å². The Bertz CT molecular complexity index is 286. The molecule has 0 amide bonds. The number of hydrogen-bond acceptors (Lipinski definition) is 3. The van der Waals surface area contributed by atoms with Gasteiger partial charge in [-0.1, -0.05) is 6.92 Å². The minimum absolute atomic E-state index is 0.340. The summed E-state index contributed by atoms with van der Waals surface area (Å²) < 4.78 is 1.92. The summed E-state index contributed by atoms with van der Waals surface area (Å²) in [6.07, 6.45) is 6.40. The molecule has 1 atom stereocenters. The Hall–Kier alpha value is -1.34. The highest BCUT2D eigenvalue weighted by Crippen LogP contribution is 1.96. The molecular weight excluding hydrogens is 188 g/mol. The van der Waals surface area contributed by atoms with Crippen LogP contribution in [0.1, 0.15) is 26.2 Å². The van der Waals surface area contributed by atoms with Gasteiger partial charge in [-0.15, -0.1) is 0 Å². The topological polar surface area (TPSA) is 53.6 Å². The van der Waals surface area contributed by atoms with Crippen LogP contribution >= 0.6 is 0 Å². The third-order valence-corrected chi connectivity index (χ3v) is 2.39. The second kappa shape index (κ2) is 7.02. The summed E-state index contributed by atoms with van der Waals surface area (Å²) in [6, 6.07) is 4.46. The molecule has 0 radical (unpaired) electrons. The van der Waals surface area contributed by atoms with Crippen molar-refractivity contribution in [2.45, 2.75) is 38.8 Å². The van der Waals surface area contributed by atoms with Crippen LogP contribution < -0.4 is 5.32 Å². The maximum atomic E-state index is 8.57. The third kappa shape index (κ3) is 4.61. The Morgan fingerprint density at radius 3 is 3.07 bits per heavy atom. The Kier molecular flexibility index (Phi) is 5.49. The summed E-state index contributed by atoms with van der Waals surface area (Å²) in [5.74, 6) is 0. The molecule has 82 valence electrons. The molecule has 1 N–H and O–H groups in total. The number of aryl methyl sites for hydroxylation is 1. The fourth-order valence-electron chi connectivity index (χ4n) is 1.45. The lowest BCUT2D eigenvalue weighted by Crippen LogP contribution is -2.29. The molecule has 0 bridgehead atoms. The van der Waals surface area contributed by atoms with E-state index >= 15 is 0 Å². The normalized spacial score (nSPS) is 12.3. The molecule has 1 rings (SSSR count). The molecule has 4 heteroatoms. The van der Waals surface area contributed by atoms with E-state index in [1.54, 1.807) is 6.20 Å². The van der Waals surface area contributed by atoms with Gasteiger partial charge >= 0.3 is 0 Å². The predicted octanol–water partition coefficient (Wildman–Crippen LogP) is 1.56. The van der Waals surface area contributed by atoms with Crippen LogP contribution in [0, 0.1) is 11.3 Å². The number of aromatic nitrogens is 2. The standard InChI is InChI=1S/C11H18N4/c1-2-11(5-6-12)13-7-3-9-15-10-4-8-14-15/h4,8,10-11,13H,2-3,5,7,9H2,1H3. The maximum Gasteiger partial charge on any atom is 0.0638 e. The van der Waals surface area contributed by atoms with Gasteiger partial charge in [-0.05, 0) is 25.5 Å². The van der Waals surface area contributed by atoms with Crippen LogP contribution in [-0.2, 0) is 6.54 Å². The monoisotopic (exact) mass is 206 g/mol. The van der Waals surface area contributed by atoms with Crippen molar-refractivity contribution in [1.29, 1.82) is 5.26 Å². The molecule has 0 aliphatic heterocycles. The molecule has 1 heterocycles. The molecule has 0 aromatic carbocycles. The number of hydrogen-bond donors (Lipinski definition) is 1. The van der Waals surface area contributed by atoms with Crippen molar-refractivity contribution in [1.82, 2.24) is 15.1 Å². The van der Waals surface area contributed by atoms with Gasteiger partial charge in [0.2, 0.25) is 0 Å². The lowest BCUT2D eigenvalue weighted by molar-refractivity contribution is 0.471. The zero-order chi connectivity index (χ0) is 10.9. The molecule has 1 unspecified atom stereocenters. The van der Waals surface area contributed by atoms with Gasteiger partial charge in [0.05, 0.1) is 12.5 Å². The Balaban J connectivity index is 2.08. The van der Waals surface area contributed by atoms with E-state index in [2.05, 4.69) is 23.4 Å². The minimum atomic E-state index is 0.340. The Morgan fingerprint density at radius 2 is 2.47 bits per heavy atom. The molecular formula is C11H18N4. The summed E-state index contributed by atoms with van der Waals surface area (Å²) in [7, 11) is 0. The highest BCUT2D eigenvalue weighted by molar-refractivity contribution is 4.80. The summed E-state index contributed by atoms with van der Waals surface area (Å²) in [5, 5.41) is 16.1. The van der Waals surface area contributed by atoms with Crippen LogP contribution in [0.3, 0.4) is 0 Å². The molecule has 0 fully saturated rings. The van der Waals surface area contributed by atoms with Crippen molar-refractivity contribution in [2.24, 2.45) is 0 Å². The molecule has 0 saturated carbocycles. The molecule has 0 aliphatic rings. The van der Waals surface area contributed by atoms with E-state index in [0.717, 1.165) is 25.9 Å². The lowest BCUT2D eigenvalue weighted by atomic mass is 10.1. The number of nitriles is 1. The van der Waals surface area contributed by atoms with Crippen molar-refractivity contribution >= 4 is 0 Å². The molecule has 15 heavy (non-hydrogen) atoms. The molecule has 1 aromatic rings. The van der Waals surface area contributed by atoms with Gasteiger partial charge in [-0.3, -0.25) is 4.68 Å². The largest absolute Gasteiger partial charge is 0.313 e. The van der Waals surface area contributed by atoms with Gasteiger partial charge in [0.15, 0.2) is 0 Å². The summed E-state index contributed by atoms with van der Waals surface area (Å²) >= 11 is 0. The van der Waals surface area contributed by atoms with Crippen molar-refractivity contribution in [3.8, 4) is 6.07 Å². The zero-order valence-electron chi connectivity index (χ0n) is 9.19. The van der Waals surface area contributed by atoms with Crippen LogP contribution in [0.5, 0.6) is 0 Å². The fourth-order valence-corrected chi connectivity index (χ4v) is 1.45. The Morgan fingerprint density at radius 1 is 1.60 bits per heavy atom. The van der Waals surface area contributed by atoms with Crippen molar-refractivity contribution in [3.63, 3.8) is 0 Å². The number of nitrogens with zero attached hydrogens (tertiary/aromatic N) is 3. The minimum Gasteiger partial charge on any atom is -0.313 e. The van der Waals surface area contributed by atoms with E-state index in [-0.39, 0.29) is 0 Å². The first-order valence-corrected chi connectivity index (χ1v) is 5.44. The van der Waals surface area contributed by atoms with Gasteiger partial charge in [-0.2, -0.15) is 10.4 Å². The molecule has 0 aliphatic carbocycles.